The first-order valence-electron chi connectivity index (χ1n) is 7.86. The van der Waals surface area contributed by atoms with Gasteiger partial charge in [0.25, 0.3) is 0 Å². The fraction of sp³-hybridized carbons (Fsp3) is 0.933. The summed E-state index contributed by atoms with van der Waals surface area (Å²) in [5.74, 6) is 3.79. The van der Waals surface area contributed by atoms with Gasteiger partial charge in [-0.15, -0.1) is 0 Å². The van der Waals surface area contributed by atoms with E-state index in [0.717, 1.165) is 5.75 Å². The molecular weight excluding hydrogens is 365 g/mol. The van der Waals surface area contributed by atoms with Crippen molar-refractivity contribution in [2.24, 2.45) is 5.41 Å². The van der Waals surface area contributed by atoms with Gasteiger partial charge in [0.1, 0.15) is 11.5 Å². The van der Waals surface area contributed by atoms with Crippen molar-refractivity contribution in [2.45, 2.75) is 65.8 Å². The monoisotopic (exact) mass is 394 g/mol. The second-order valence-corrected chi connectivity index (χ2v) is 10.1. The lowest BCUT2D eigenvalue weighted by atomic mass is 9.92. The number of rotatable bonds is 8. The van der Waals surface area contributed by atoms with Crippen molar-refractivity contribution in [3.63, 3.8) is 0 Å². The van der Waals surface area contributed by atoms with Gasteiger partial charge < -0.3 is 4.55 Å². The van der Waals surface area contributed by atoms with Crippen molar-refractivity contribution in [2.75, 3.05) is 17.3 Å². The summed E-state index contributed by atoms with van der Waals surface area (Å²) in [5, 5.41) is 0. The first kappa shape index (κ1) is 26.0. The Hall–Kier alpha value is -0.280. The Balaban J connectivity index is 0. The van der Waals surface area contributed by atoms with E-state index in [2.05, 4.69) is 13.8 Å². The molecule has 0 aliphatic rings. The largest absolute Gasteiger partial charge is 0.741 e. The molecule has 0 atom stereocenters. The maximum absolute atomic E-state index is 12.0. The van der Waals surface area contributed by atoms with Crippen LogP contribution in [0, 0.1) is 5.41 Å². The average Bonchev–Trinajstić information content (AvgIpc) is 2.39. The lowest BCUT2D eigenvalue weighted by Crippen LogP contribution is -2.30. The van der Waals surface area contributed by atoms with Crippen LogP contribution >= 0.6 is 0 Å². The average molecular weight is 395 g/mol. The van der Waals surface area contributed by atoms with Gasteiger partial charge in [0, 0.05) is 5.41 Å². The minimum atomic E-state index is -6.09. The van der Waals surface area contributed by atoms with Crippen LogP contribution in [0.3, 0.4) is 0 Å². The third-order valence-corrected chi connectivity index (χ3v) is 6.00. The van der Waals surface area contributed by atoms with Crippen molar-refractivity contribution < 1.29 is 30.9 Å². The van der Waals surface area contributed by atoms with E-state index in [1.807, 2.05) is 20.8 Å². The summed E-state index contributed by atoms with van der Waals surface area (Å²) >= 11 is 0. The van der Waals surface area contributed by atoms with Crippen LogP contribution in [-0.2, 0) is 25.8 Å². The smallest absolute Gasteiger partial charge is 0.485 e. The summed E-state index contributed by atoms with van der Waals surface area (Å²) in [6.45, 7) is 10.6. The van der Waals surface area contributed by atoms with Crippen LogP contribution in [0.1, 0.15) is 60.3 Å². The molecule has 0 rings (SSSR count). The molecule has 0 aromatic heterocycles. The molecule has 0 aliphatic carbocycles. The molecular formula is C15H29F3O4S2. The highest BCUT2D eigenvalue weighted by molar-refractivity contribution is 7.97. The minimum Gasteiger partial charge on any atom is -0.741 e. The van der Waals surface area contributed by atoms with Crippen LogP contribution in [-0.4, -0.2) is 41.5 Å². The summed E-state index contributed by atoms with van der Waals surface area (Å²) in [6.07, 6.45) is 5.06. The maximum atomic E-state index is 12.0. The molecule has 0 saturated heterocycles. The van der Waals surface area contributed by atoms with Gasteiger partial charge in [-0.05, 0) is 23.7 Å². The second-order valence-electron chi connectivity index (χ2n) is 6.45. The number of Topliss-reactive ketones (excluding diaryl/α,β-unsaturated/α-hetero) is 1. The molecule has 0 N–H and O–H groups in total. The number of unbranched alkanes of at least 4 members (excludes halogenated alkanes) is 2. The summed E-state index contributed by atoms with van der Waals surface area (Å²) < 4.78 is 58.9. The summed E-state index contributed by atoms with van der Waals surface area (Å²) in [5.41, 5.74) is -5.79. The zero-order chi connectivity index (χ0) is 19.6. The van der Waals surface area contributed by atoms with Crippen molar-refractivity contribution in [3.05, 3.63) is 0 Å². The first-order chi connectivity index (χ1) is 10.7. The number of ketones is 1. The highest BCUT2D eigenvalue weighted by atomic mass is 32.2. The lowest BCUT2D eigenvalue weighted by molar-refractivity contribution is -0.123. The number of carbonyl (C=O) groups is 1. The van der Waals surface area contributed by atoms with Gasteiger partial charge in [-0.1, -0.05) is 47.5 Å². The molecule has 0 aromatic rings. The normalized spacial score (nSPS) is 12.8. The van der Waals surface area contributed by atoms with Crippen LogP contribution < -0.4 is 0 Å². The zero-order valence-electron chi connectivity index (χ0n) is 15.0. The van der Waals surface area contributed by atoms with E-state index in [-0.39, 0.29) is 5.41 Å². The van der Waals surface area contributed by atoms with Gasteiger partial charge in [-0.2, -0.15) is 13.2 Å². The van der Waals surface area contributed by atoms with Crippen LogP contribution in [0.4, 0.5) is 13.2 Å². The van der Waals surface area contributed by atoms with Gasteiger partial charge in [-0.3, -0.25) is 4.79 Å². The molecule has 0 fully saturated rings. The summed E-state index contributed by atoms with van der Waals surface area (Å²) in [4.78, 5) is 12.0. The highest BCUT2D eigenvalue weighted by Gasteiger charge is 2.37. The Morgan fingerprint density at radius 2 is 1.33 bits per heavy atom. The quantitative estimate of drug-likeness (QED) is 0.356. The van der Waals surface area contributed by atoms with Crippen LogP contribution in [0.2, 0.25) is 0 Å². The lowest BCUT2D eigenvalue weighted by Gasteiger charge is -2.17. The first-order valence-corrected chi connectivity index (χ1v) is 11.0. The number of alkyl halides is 3. The molecule has 0 saturated carbocycles. The Morgan fingerprint density at radius 3 is 1.54 bits per heavy atom. The molecule has 24 heavy (non-hydrogen) atoms. The number of hydrogen-bond acceptors (Lipinski definition) is 4. The van der Waals surface area contributed by atoms with Crippen LogP contribution in [0.15, 0.2) is 0 Å². The van der Waals surface area contributed by atoms with Crippen molar-refractivity contribution in [1.82, 2.24) is 0 Å². The van der Waals surface area contributed by atoms with E-state index in [1.54, 1.807) is 0 Å². The molecule has 0 spiro atoms. The number of halogens is 3. The van der Waals surface area contributed by atoms with Gasteiger partial charge in [0.2, 0.25) is 0 Å². The van der Waals surface area contributed by atoms with Crippen LogP contribution in [0.25, 0.3) is 0 Å². The highest BCUT2D eigenvalue weighted by Crippen LogP contribution is 2.20. The van der Waals surface area contributed by atoms with Gasteiger partial charge >= 0.3 is 5.51 Å². The fourth-order valence-corrected chi connectivity index (χ4v) is 4.04. The Bertz CT molecular complexity index is 446. The standard InChI is InChI=1S/C14H29OS.CHF3O3S/c1-6-8-10-16(11-9-7-2)12-13(15)14(3,4)5;2-1(3,4)8(5,6)7/h6-12H2,1-5H3;(H,5,6,7)/q+1;/p-1. The molecule has 0 aromatic carbocycles. The molecule has 0 amide bonds. The topological polar surface area (TPSA) is 74.3 Å². The van der Waals surface area contributed by atoms with Gasteiger partial charge in [0.05, 0.1) is 0 Å². The molecule has 4 nitrogen and oxygen atoms in total. The van der Waals surface area contributed by atoms with Gasteiger partial charge in [-0.25, -0.2) is 8.42 Å². The predicted molar refractivity (Wildman–Crippen MR) is 92.0 cm³/mol. The minimum absolute atomic E-state index is 0.149. The van der Waals surface area contributed by atoms with Crippen molar-refractivity contribution in [1.29, 1.82) is 0 Å². The van der Waals surface area contributed by atoms with E-state index >= 15 is 0 Å². The molecule has 0 radical (unpaired) electrons. The molecule has 0 heterocycles. The molecule has 146 valence electrons. The third-order valence-electron chi connectivity index (χ3n) is 3.03. The van der Waals surface area contributed by atoms with E-state index in [1.165, 1.54) is 37.2 Å². The SMILES string of the molecule is CCCC[S+](CCCC)CC(=O)C(C)(C)C.O=S(=O)([O-])C(F)(F)F. The van der Waals surface area contributed by atoms with Gasteiger partial charge in [0.15, 0.2) is 21.7 Å². The predicted octanol–water partition coefficient (Wildman–Crippen LogP) is 3.87. The van der Waals surface area contributed by atoms with E-state index in [0.29, 0.717) is 16.7 Å². The summed E-state index contributed by atoms with van der Waals surface area (Å²) in [6, 6.07) is 0. The maximum Gasteiger partial charge on any atom is 0.485 e. The molecule has 0 aliphatic heterocycles. The fourth-order valence-electron chi connectivity index (χ4n) is 1.35. The molecule has 0 bridgehead atoms. The van der Waals surface area contributed by atoms with Crippen molar-refractivity contribution >= 4 is 26.8 Å². The van der Waals surface area contributed by atoms with Crippen LogP contribution in [0.5, 0.6) is 0 Å². The Labute approximate surface area is 146 Å². The van der Waals surface area contributed by atoms with E-state index in [4.69, 9.17) is 13.0 Å². The Morgan fingerprint density at radius 1 is 1.00 bits per heavy atom. The van der Waals surface area contributed by atoms with Crippen molar-refractivity contribution in [3.8, 4) is 0 Å². The molecule has 0 unspecified atom stereocenters. The van der Waals surface area contributed by atoms with E-state index < -0.39 is 15.6 Å². The van der Waals surface area contributed by atoms with E-state index in [9.17, 15) is 18.0 Å². The molecule has 9 heteroatoms. The second kappa shape index (κ2) is 11.4. The Kier molecular flexibility index (Phi) is 12.3. The number of hydrogen-bond donors (Lipinski definition) is 0. The number of carbonyl (C=O) groups excluding carboxylic acids is 1. The third kappa shape index (κ3) is 13.1. The summed E-state index contributed by atoms with van der Waals surface area (Å²) in [7, 11) is -5.74. The zero-order valence-corrected chi connectivity index (χ0v) is 16.7.